The molecule has 1 aromatic carbocycles. The predicted molar refractivity (Wildman–Crippen MR) is 103 cm³/mol. The Balaban J connectivity index is 2.21. The van der Waals surface area contributed by atoms with E-state index in [0.29, 0.717) is 19.4 Å². The summed E-state index contributed by atoms with van der Waals surface area (Å²) in [4.78, 5) is 11.5. The quantitative estimate of drug-likeness (QED) is 0.330. The minimum atomic E-state index is -0.335. The maximum absolute atomic E-state index is 11.5. The number of fused-ring (bicyclic) bond motifs is 1. The number of halogens is 1. The minimum Gasteiger partial charge on any atom is -0.493 e. The highest BCUT2D eigenvalue weighted by Gasteiger charge is 2.34. The number of ether oxygens (including phenoxy) is 3. The molecule has 0 fully saturated rings. The number of carbonyl (C=O) groups excluding carboxylic acids is 1. The third-order valence-corrected chi connectivity index (χ3v) is 5.25. The van der Waals surface area contributed by atoms with Crippen molar-refractivity contribution in [1.82, 2.24) is 0 Å². The van der Waals surface area contributed by atoms with Gasteiger partial charge in [0.2, 0.25) is 0 Å². The fourth-order valence-electron chi connectivity index (χ4n) is 3.18. The van der Waals surface area contributed by atoms with Gasteiger partial charge in [0.25, 0.3) is 0 Å². The van der Waals surface area contributed by atoms with Crippen LogP contribution in [0.4, 0.5) is 0 Å². The topological polar surface area (TPSA) is 44.8 Å². The Morgan fingerprint density at radius 1 is 1.40 bits per heavy atom. The van der Waals surface area contributed by atoms with Gasteiger partial charge in [0.05, 0.1) is 13.7 Å². The summed E-state index contributed by atoms with van der Waals surface area (Å²) in [7, 11) is 1.43. The van der Waals surface area contributed by atoms with Crippen molar-refractivity contribution in [3.8, 4) is 11.5 Å². The van der Waals surface area contributed by atoms with Gasteiger partial charge < -0.3 is 14.2 Å². The molecule has 4 nitrogen and oxygen atoms in total. The third kappa shape index (κ3) is 5.37. The molecule has 0 aromatic heterocycles. The Morgan fingerprint density at radius 2 is 2.20 bits per heavy atom. The van der Waals surface area contributed by atoms with Gasteiger partial charge in [-0.2, -0.15) is 0 Å². The largest absolute Gasteiger partial charge is 0.493 e. The van der Waals surface area contributed by atoms with Gasteiger partial charge in [-0.15, -0.1) is 0 Å². The van der Waals surface area contributed by atoms with E-state index in [-0.39, 0.29) is 11.6 Å². The second kappa shape index (κ2) is 9.46. The smallest absolute Gasteiger partial charge is 0.305 e. The van der Waals surface area contributed by atoms with E-state index in [0.717, 1.165) is 48.9 Å². The van der Waals surface area contributed by atoms with Gasteiger partial charge in [-0.05, 0) is 50.7 Å². The standard InChI is InChI=1S/C20H29BrO4/c1-4-6-16-17(24-14-5-13-21)8-7-15-9-11-20(2,25-19(15)16)12-10-18(22)23-3/h7-8H,4-6,9-14H2,1-3H3. The highest BCUT2D eigenvalue weighted by atomic mass is 79.9. The second-order valence-corrected chi connectivity index (χ2v) is 7.59. The van der Waals surface area contributed by atoms with Crippen LogP contribution < -0.4 is 9.47 Å². The summed E-state index contributed by atoms with van der Waals surface area (Å²) < 4.78 is 17.2. The molecule has 0 saturated heterocycles. The van der Waals surface area contributed by atoms with E-state index in [2.05, 4.69) is 41.9 Å². The van der Waals surface area contributed by atoms with Crippen molar-refractivity contribution in [1.29, 1.82) is 0 Å². The molecular weight excluding hydrogens is 384 g/mol. The van der Waals surface area contributed by atoms with Gasteiger partial charge in [0.15, 0.2) is 0 Å². The Labute approximate surface area is 159 Å². The number of rotatable bonds is 9. The molecular formula is C20H29BrO4. The van der Waals surface area contributed by atoms with Gasteiger partial charge in [-0.25, -0.2) is 0 Å². The van der Waals surface area contributed by atoms with Crippen LogP contribution in [-0.2, 0) is 22.4 Å². The van der Waals surface area contributed by atoms with E-state index >= 15 is 0 Å². The van der Waals surface area contributed by atoms with Crippen molar-refractivity contribution < 1.29 is 19.0 Å². The van der Waals surface area contributed by atoms with E-state index in [4.69, 9.17) is 14.2 Å². The highest BCUT2D eigenvalue weighted by molar-refractivity contribution is 9.09. The Kier molecular flexibility index (Phi) is 7.60. The average Bonchev–Trinajstić information content (AvgIpc) is 2.62. The summed E-state index contributed by atoms with van der Waals surface area (Å²) in [5.74, 6) is 1.71. The van der Waals surface area contributed by atoms with Crippen molar-refractivity contribution in [3.05, 3.63) is 23.3 Å². The zero-order valence-electron chi connectivity index (χ0n) is 15.5. The number of methoxy groups -OCH3 is 1. The van der Waals surface area contributed by atoms with Gasteiger partial charge in [-0.3, -0.25) is 4.79 Å². The summed E-state index contributed by atoms with van der Waals surface area (Å²) in [6.45, 7) is 4.95. The number of alkyl halides is 1. The van der Waals surface area contributed by atoms with Crippen LogP contribution in [0.2, 0.25) is 0 Å². The molecule has 0 radical (unpaired) electrons. The number of hydrogen-bond donors (Lipinski definition) is 0. The van der Waals surface area contributed by atoms with Crippen molar-refractivity contribution in [2.45, 2.75) is 64.4 Å². The van der Waals surface area contributed by atoms with Crippen molar-refractivity contribution >= 4 is 21.9 Å². The number of esters is 1. The van der Waals surface area contributed by atoms with Crippen molar-refractivity contribution in [3.63, 3.8) is 0 Å². The molecule has 1 aliphatic rings. The molecule has 0 saturated carbocycles. The molecule has 0 bridgehead atoms. The zero-order valence-corrected chi connectivity index (χ0v) is 17.1. The van der Waals surface area contributed by atoms with Crippen LogP contribution in [0.3, 0.4) is 0 Å². The van der Waals surface area contributed by atoms with E-state index in [9.17, 15) is 4.79 Å². The number of aryl methyl sites for hydroxylation is 1. The van der Waals surface area contributed by atoms with Gasteiger partial charge in [0, 0.05) is 17.3 Å². The molecule has 0 amide bonds. The molecule has 0 spiro atoms. The van der Waals surface area contributed by atoms with E-state index < -0.39 is 0 Å². The third-order valence-electron chi connectivity index (χ3n) is 4.69. The normalized spacial score (nSPS) is 19.0. The van der Waals surface area contributed by atoms with Crippen molar-refractivity contribution in [2.24, 2.45) is 0 Å². The van der Waals surface area contributed by atoms with Crippen LogP contribution in [0.15, 0.2) is 12.1 Å². The lowest BCUT2D eigenvalue weighted by molar-refractivity contribution is -0.141. The van der Waals surface area contributed by atoms with Crippen LogP contribution in [0.5, 0.6) is 11.5 Å². The molecule has 0 aliphatic carbocycles. The highest BCUT2D eigenvalue weighted by Crippen LogP contribution is 2.42. The predicted octanol–water partition coefficient (Wildman–Crippen LogP) is 4.84. The molecule has 2 rings (SSSR count). The van der Waals surface area contributed by atoms with Gasteiger partial charge >= 0.3 is 5.97 Å². The van der Waals surface area contributed by atoms with Gasteiger partial charge in [-0.1, -0.05) is 35.3 Å². The Morgan fingerprint density at radius 3 is 2.88 bits per heavy atom. The fourth-order valence-corrected chi connectivity index (χ4v) is 3.41. The summed E-state index contributed by atoms with van der Waals surface area (Å²) in [5, 5.41) is 0.934. The van der Waals surface area contributed by atoms with Crippen LogP contribution in [-0.4, -0.2) is 30.6 Å². The Hall–Kier alpha value is -1.23. The molecule has 5 heteroatoms. The first-order chi connectivity index (χ1) is 12.0. The molecule has 1 atom stereocenters. The number of carbonyl (C=O) groups is 1. The summed E-state index contributed by atoms with van der Waals surface area (Å²) in [5.41, 5.74) is 2.07. The van der Waals surface area contributed by atoms with Crippen LogP contribution in [0.25, 0.3) is 0 Å². The maximum atomic E-state index is 11.5. The number of benzene rings is 1. The first-order valence-electron chi connectivity index (χ1n) is 9.12. The van der Waals surface area contributed by atoms with Gasteiger partial charge in [0.1, 0.15) is 17.1 Å². The maximum Gasteiger partial charge on any atom is 0.305 e. The second-order valence-electron chi connectivity index (χ2n) is 6.80. The monoisotopic (exact) mass is 412 g/mol. The lowest BCUT2D eigenvalue weighted by atomic mass is 9.87. The zero-order chi connectivity index (χ0) is 18.3. The van der Waals surface area contributed by atoms with Crippen LogP contribution >= 0.6 is 15.9 Å². The van der Waals surface area contributed by atoms with E-state index in [1.165, 1.54) is 18.2 Å². The SMILES string of the molecule is CCCc1c(OCCCBr)ccc2c1OC(C)(CCC(=O)OC)CC2. The summed E-state index contributed by atoms with van der Waals surface area (Å²) >= 11 is 3.44. The first-order valence-corrected chi connectivity index (χ1v) is 10.2. The molecule has 1 aromatic rings. The van der Waals surface area contributed by atoms with E-state index in [1.54, 1.807) is 0 Å². The molecule has 1 aliphatic heterocycles. The first kappa shape index (κ1) is 20.1. The molecule has 1 unspecified atom stereocenters. The lowest BCUT2D eigenvalue weighted by Gasteiger charge is -2.37. The van der Waals surface area contributed by atoms with Crippen molar-refractivity contribution in [2.75, 3.05) is 19.0 Å². The Bertz CT molecular complexity index is 587. The fraction of sp³-hybridized carbons (Fsp3) is 0.650. The molecule has 25 heavy (non-hydrogen) atoms. The molecule has 0 N–H and O–H groups in total. The molecule has 140 valence electrons. The summed E-state index contributed by atoms with van der Waals surface area (Å²) in [6, 6.07) is 4.20. The lowest BCUT2D eigenvalue weighted by Crippen LogP contribution is -2.37. The molecule has 1 heterocycles. The van der Waals surface area contributed by atoms with Crippen LogP contribution in [0.1, 0.15) is 57.1 Å². The summed E-state index contributed by atoms with van der Waals surface area (Å²) in [6.07, 6.45) is 5.86. The minimum absolute atomic E-state index is 0.184. The average molecular weight is 413 g/mol. The van der Waals surface area contributed by atoms with Crippen LogP contribution in [0, 0.1) is 0 Å². The van der Waals surface area contributed by atoms with E-state index in [1.807, 2.05) is 0 Å². The number of hydrogen-bond acceptors (Lipinski definition) is 4.